The summed E-state index contributed by atoms with van der Waals surface area (Å²) >= 11 is 0. The van der Waals surface area contributed by atoms with Gasteiger partial charge in [0.2, 0.25) is 0 Å². The summed E-state index contributed by atoms with van der Waals surface area (Å²) in [6.07, 6.45) is 1.53. The summed E-state index contributed by atoms with van der Waals surface area (Å²) in [4.78, 5) is 9.10. The maximum atomic E-state index is 12.4. The Morgan fingerprint density at radius 3 is 2.35 bits per heavy atom. The lowest BCUT2D eigenvalue weighted by molar-refractivity contribution is 0.434. The number of rotatable bonds is 7. The molecule has 0 saturated heterocycles. The first-order valence-electron chi connectivity index (χ1n) is 10.7. The number of hydrogen-bond acceptors (Lipinski definition) is 9. The first-order valence-corrected chi connectivity index (χ1v) is 12.2. The van der Waals surface area contributed by atoms with Crippen LogP contribution in [0.25, 0.3) is 34.0 Å². The zero-order chi connectivity index (χ0) is 24.5. The van der Waals surface area contributed by atoms with Crippen LogP contribution in [-0.4, -0.2) is 35.8 Å². The molecule has 0 amide bonds. The van der Waals surface area contributed by atoms with Crippen LogP contribution in [-0.2, 0) is 16.4 Å². The van der Waals surface area contributed by atoms with Crippen LogP contribution in [0, 0.1) is 0 Å². The lowest BCUT2D eigenvalue weighted by atomic mass is 10.1. The van der Waals surface area contributed by atoms with Gasteiger partial charge in [0.1, 0.15) is 5.69 Å². The molecule has 0 aliphatic rings. The van der Waals surface area contributed by atoms with E-state index in [4.69, 9.17) is 16.0 Å². The smallest absolute Gasteiger partial charge is 0.189 e. The summed E-state index contributed by atoms with van der Waals surface area (Å²) in [5.41, 5.74) is 16.8. The third-order valence-corrected chi connectivity index (χ3v) is 7.62. The summed E-state index contributed by atoms with van der Waals surface area (Å²) in [7, 11) is -1.50. The normalized spacial score (nSPS) is 11.8. The van der Waals surface area contributed by atoms with Crippen molar-refractivity contribution in [3.05, 3.63) is 60.3 Å². The third kappa shape index (κ3) is 4.50. The van der Waals surface area contributed by atoms with Crippen molar-refractivity contribution in [3.63, 3.8) is 0 Å². The Morgan fingerprint density at radius 2 is 1.71 bits per heavy atom. The van der Waals surface area contributed by atoms with Crippen molar-refractivity contribution in [2.75, 3.05) is 18.5 Å². The first-order chi connectivity index (χ1) is 16.2. The molecular formula is C24H26N6O3S. The SMILES string of the molecule is CNCc1ccc(-c2cc(-c3nc(-c4ccc(S(=O)(=O)C(C)C)cc4)cnc3N)on2)cc1N. The van der Waals surface area contributed by atoms with Crippen molar-refractivity contribution in [2.24, 2.45) is 0 Å². The average Bonchev–Trinajstić information content (AvgIpc) is 3.31. The van der Waals surface area contributed by atoms with Gasteiger partial charge in [-0.2, -0.15) is 0 Å². The van der Waals surface area contributed by atoms with Crippen molar-refractivity contribution < 1.29 is 12.9 Å². The fourth-order valence-electron chi connectivity index (χ4n) is 3.43. The molecule has 9 nitrogen and oxygen atoms in total. The second-order valence-corrected chi connectivity index (χ2v) is 10.6. The van der Waals surface area contributed by atoms with E-state index in [1.54, 1.807) is 44.2 Å². The second-order valence-electron chi connectivity index (χ2n) is 8.13. The molecule has 0 atom stereocenters. The summed E-state index contributed by atoms with van der Waals surface area (Å²) in [6.45, 7) is 3.97. The van der Waals surface area contributed by atoms with Gasteiger partial charge in [0.05, 0.1) is 22.0 Å². The van der Waals surface area contributed by atoms with Crippen LogP contribution in [0.15, 0.2) is 64.1 Å². The van der Waals surface area contributed by atoms with Gasteiger partial charge in [0.25, 0.3) is 0 Å². The number of nitrogens with zero attached hydrogens (tertiary/aromatic N) is 3. The number of benzene rings is 2. The van der Waals surface area contributed by atoms with Crippen molar-refractivity contribution in [2.45, 2.75) is 30.5 Å². The highest BCUT2D eigenvalue weighted by molar-refractivity contribution is 7.92. The lowest BCUT2D eigenvalue weighted by Crippen LogP contribution is -2.13. The molecule has 2 aromatic carbocycles. The molecular weight excluding hydrogens is 452 g/mol. The molecule has 5 N–H and O–H groups in total. The molecule has 0 bridgehead atoms. The fraction of sp³-hybridized carbons (Fsp3) is 0.208. The van der Waals surface area contributed by atoms with Gasteiger partial charge in [0.15, 0.2) is 27.1 Å². The van der Waals surface area contributed by atoms with E-state index in [0.717, 1.165) is 11.1 Å². The average molecular weight is 479 g/mol. The molecule has 0 aliphatic heterocycles. The van der Waals surface area contributed by atoms with E-state index in [9.17, 15) is 8.42 Å². The van der Waals surface area contributed by atoms with E-state index in [1.807, 2.05) is 25.2 Å². The molecule has 0 fully saturated rings. The van der Waals surface area contributed by atoms with Gasteiger partial charge in [-0.25, -0.2) is 18.4 Å². The molecule has 176 valence electrons. The fourth-order valence-corrected chi connectivity index (χ4v) is 4.49. The van der Waals surface area contributed by atoms with E-state index in [1.165, 1.54) is 6.20 Å². The molecule has 4 aromatic rings. The molecule has 34 heavy (non-hydrogen) atoms. The van der Waals surface area contributed by atoms with Gasteiger partial charge < -0.3 is 21.3 Å². The summed E-state index contributed by atoms with van der Waals surface area (Å²) in [5.74, 6) is 0.549. The summed E-state index contributed by atoms with van der Waals surface area (Å²) in [5, 5.41) is 6.72. The van der Waals surface area contributed by atoms with Crippen LogP contribution < -0.4 is 16.8 Å². The largest absolute Gasteiger partial charge is 0.398 e. The zero-order valence-electron chi connectivity index (χ0n) is 19.1. The maximum Gasteiger partial charge on any atom is 0.189 e. The van der Waals surface area contributed by atoms with E-state index in [0.29, 0.717) is 40.6 Å². The van der Waals surface area contributed by atoms with Gasteiger partial charge in [-0.3, -0.25) is 0 Å². The van der Waals surface area contributed by atoms with Gasteiger partial charge in [0, 0.05) is 29.4 Å². The van der Waals surface area contributed by atoms with Crippen LogP contribution in [0.4, 0.5) is 11.5 Å². The number of hydrogen-bond donors (Lipinski definition) is 3. The lowest BCUT2D eigenvalue weighted by Gasteiger charge is -2.09. The van der Waals surface area contributed by atoms with Crippen molar-refractivity contribution in [1.29, 1.82) is 0 Å². The predicted octanol–water partition coefficient (Wildman–Crippen LogP) is 3.53. The van der Waals surface area contributed by atoms with Gasteiger partial charge in [-0.05, 0) is 44.7 Å². The molecule has 0 spiro atoms. The summed E-state index contributed by atoms with van der Waals surface area (Å²) < 4.78 is 30.3. The minimum atomic E-state index is -3.36. The minimum absolute atomic E-state index is 0.189. The molecule has 2 heterocycles. The van der Waals surface area contributed by atoms with Gasteiger partial charge in [-0.1, -0.05) is 29.4 Å². The second kappa shape index (κ2) is 9.24. The number of anilines is 2. The van der Waals surface area contributed by atoms with E-state index < -0.39 is 15.1 Å². The van der Waals surface area contributed by atoms with Crippen LogP contribution >= 0.6 is 0 Å². The quantitative estimate of drug-likeness (QED) is 0.339. The van der Waals surface area contributed by atoms with E-state index in [-0.39, 0.29) is 10.7 Å². The number of nitrogens with one attached hydrogen (secondary N) is 1. The van der Waals surface area contributed by atoms with Crippen molar-refractivity contribution in [1.82, 2.24) is 20.4 Å². The highest BCUT2D eigenvalue weighted by Crippen LogP contribution is 2.31. The maximum absolute atomic E-state index is 12.4. The Hall–Kier alpha value is -3.76. The molecule has 4 rings (SSSR count). The number of aromatic nitrogens is 3. The molecule has 0 saturated carbocycles. The van der Waals surface area contributed by atoms with Gasteiger partial charge >= 0.3 is 0 Å². The van der Waals surface area contributed by atoms with Crippen LogP contribution in [0.2, 0.25) is 0 Å². The monoisotopic (exact) mass is 478 g/mol. The van der Waals surface area contributed by atoms with E-state index >= 15 is 0 Å². The first kappa shape index (κ1) is 23.4. The number of nitrogens with two attached hydrogens (primary N) is 2. The number of nitrogen functional groups attached to an aromatic ring is 2. The van der Waals surface area contributed by atoms with Gasteiger partial charge in [-0.15, -0.1) is 0 Å². The topological polar surface area (TPSA) is 150 Å². The predicted molar refractivity (Wildman–Crippen MR) is 132 cm³/mol. The molecule has 0 unspecified atom stereocenters. The standard InChI is InChI=1S/C24H26N6O3S/c1-14(2)34(31,32)18-8-6-15(7-9-18)21-13-28-24(26)23(29-21)22-11-20(30-33-22)16-4-5-17(12-27-3)19(25)10-16/h4-11,13-14,27H,12,25H2,1-3H3,(H2,26,28). The Kier molecular flexibility index (Phi) is 6.36. The zero-order valence-corrected chi connectivity index (χ0v) is 19.9. The van der Waals surface area contributed by atoms with E-state index in [2.05, 4.69) is 20.4 Å². The summed E-state index contributed by atoms with van der Waals surface area (Å²) in [6, 6.07) is 14.0. The molecule has 2 aromatic heterocycles. The Balaban J connectivity index is 1.65. The Bertz CT molecular complexity index is 1430. The molecule has 0 aliphatic carbocycles. The van der Waals surface area contributed by atoms with Crippen molar-refractivity contribution in [3.8, 4) is 34.0 Å². The minimum Gasteiger partial charge on any atom is -0.398 e. The molecule has 0 radical (unpaired) electrons. The van der Waals surface area contributed by atoms with Crippen molar-refractivity contribution >= 4 is 21.3 Å². The Morgan fingerprint density at radius 1 is 1.00 bits per heavy atom. The third-order valence-electron chi connectivity index (χ3n) is 5.45. The highest BCUT2D eigenvalue weighted by atomic mass is 32.2. The van der Waals surface area contributed by atoms with Crippen LogP contribution in [0.3, 0.4) is 0 Å². The van der Waals surface area contributed by atoms with Crippen LogP contribution in [0.1, 0.15) is 19.4 Å². The molecule has 10 heteroatoms. The van der Waals surface area contributed by atoms with Crippen LogP contribution in [0.5, 0.6) is 0 Å². The number of sulfone groups is 1. The Labute approximate surface area is 198 Å². The highest BCUT2D eigenvalue weighted by Gasteiger charge is 2.20.